The molecule has 3 aromatic rings. The smallest absolute Gasteiger partial charge is 0.251 e. The summed E-state index contributed by atoms with van der Waals surface area (Å²) < 4.78 is 0. The van der Waals surface area contributed by atoms with Crippen molar-refractivity contribution < 1.29 is 9.59 Å². The average molecular weight is 346 g/mol. The molecule has 5 nitrogen and oxygen atoms in total. The van der Waals surface area contributed by atoms with Crippen molar-refractivity contribution in [2.24, 2.45) is 0 Å². The maximum Gasteiger partial charge on any atom is 0.251 e. The van der Waals surface area contributed by atoms with Crippen molar-refractivity contribution in [1.82, 2.24) is 9.97 Å². The Hall–Kier alpha value is -3.34. The molecule has 26 heavy (non-hydrogen) atoms. The first-order valence-electron chi connectivity index (χ1n) is 8.30. The third-order valence-electron chi connectivity index (χ3n) is 4.08. The fourth-order valence-corrected chi connectivity index (χ4v) is 2.81. The predicted octanol–water partition coefficient (Wildman–Crippen LogP) is 3.32. The molecule has 1 atom stereocenters. The Labute approximate surface area is 150 Å². The minimum absolute atomic E-state index is 0.0653. The molecule has 0 bridgehead atoms. The van der Waals surface area contributed by atoms with E-state index in [-0.39, 0.29) is 29.4 Å². The van der Waals surface area contributed by atoms with Gasteiger partial charge in [-0.1, -0.05) is 60.7 Å². The van der Waals surface area contributed by atoms with Gasteiger partial charge in [-0.25, -0.2) is 4.98 Å². The van der Waals surface area contributed by atoms with Crippen LogP contribution in [0.1, 0.15) is 44.6 Å². The highest BCUT2D eigenvalue weighted by molar-refractivity contribution is 6.05. The lowest BCUT2D eigenvalue weighted by Gasteiger charge is -2.15. The van der Waals surface area contributed by atoms with Gasteiger partial charge in [0.15, 0.2) is 11.6 Å². The Morgan fingerprint density at radius 2 is 1.54 bits per heavy atom. The van der Waals surface area contributed by atoms with Crippen LogP contribution in [0.2, 0.25) is 0 Å². The standard InChI is InChI=1S/C21H18N2O3/c1-14-12-19(25)23-21(22-14)17(20(26)16-10-6-3-7-11-16)13-18(24)15-8-4-2-5-9-15/h2-12,17H,13H2,1H3,(H,22,23,25). The molecule has 130 valence electrons. The van der Waals surface area contributed by atoms with E-state index in [0.717, 1.165) is 0 Å². The molecule has 5 heteroatoms. The van der Waals surface area contributed by atoms with Crippen LogP contribution in [0.15, 0.2) is 71.5 Å². The van der Waals surface area contributed by atoms with Gasteiger partial charge in [-0.05, 0) is 6.92 Å². The number of aromatic nitrogens is 2. The Balaban J connectivity index is 2.00. The lowest BCUT2D eigenvalue weighted by atomic mass is 9.90. The minimum atomic E-state index is -0.849. The number of benzene rings is 2. The van der Waals surface area contributed by atoms with Crippen molar-refractivity contribution >= 4 is 11.6 Å². The number of rotatable bonds is 6. The zero-order chi connectivity index (χ0) is 18.5. The lowest BCUT2D eigenvalue weighted by Crippen LogP contribution is -2.23. The first kappa shape index (κ1) is 17.5. The first-order valence-corrected chi connectivity index (χ1v) is 8.30. The highest BCUT2D eigenvalue weighted by atomic mass is 16.1. The molecule has 0 aliphatic rings. The Bertz CT molecular complexity index is 979. The molecule has 0 aliphatic carbocycles. The number of aromatic amines is 1. The predicted molar refractivity (Wildman–Crippen MR) is 98.5 cm³/mol. The summed E-state index contributed by atoms with van der Waals surface area (Å²) in [4.78, 5) is 44.4. The molecule has 0 fully saturated rings. The van der Waals surface area contributed by atoms with Crippen molar-refractivity contribution in [3.63, 3.8) is 0 Å². The number of carbonyl (C=O) groups excluding carboxylic acids is 2. The summed E-state index contributed by atoms with van der Waals surface area (Å²) in [7, 11) is 0. The fourth-order valence-electron chi connectivity index (χ4n) is 2.81. The van der Waals surface area contributed by atoms with E-state index in [1.54, 1.807) is 55.5 Å². The largest absolute Gasteiger partial charge is 0.310 e. The number of nitrogens with zero attached hydrogens (tertiary/aromatic N) is 1. The van der Waals surface area contributed by atoms with Gasteiger partial charge in [-0.2, -0.15) is 0 Å². The van der Waals surface area contributed by atoms with E-state index in [2.05, 4.69) is 9.97 Å². The number of aryl methyl sites for hydroxylation is 1. The van der Waals surface area contributed by atoms with Crippen LogP contribution in [0.3, 0.4) is 0 Å². The monoisotopic (exact) mass is 346 g/mol. The third kappa shape index (κ3) is 4.00. The van der Waals surface area contributed by atoms with Gasteiger partial charge in [0.2, 0.25) is 0 Å². The second-order valence-corrected chi connectivity index (χ2v) is 6.05. The molecule has 3 rings (SSSR count). The van der Waals surface area contributed by atoms with Gasteiger partial charge in [-0.3, -0.25) is 14.4 Å². The quantitative estimate of drug-likeness (QED) is 0.694. The summed E-state index contributed by atoms with van der Waals surface area (Å²) in [5.41, 5.74) is 1.16. The fraction of sp³-hybridized carbons (Fsp3) is 0.143. The van der Waals surface area contributed by atoms with E-state index in [9.17, 15) is 14.4 Å². The van der Waals surface area contributed by atoms with E-state index in [4.69, 9.17) is 0 Å². The van der Waals surface area contributed by atoms with E-state index in [1.807, 2.05) is 12.1 Å². The Morgan fingerprint density at radius 3 is 2.12 bits per heavy atom. The average Bonchev–Trinajstić information content (AvgIpc) is 2.66. The normalized spacial score (nSPS) is 11.7. The molecule has 0 saturated carbocycles. The SMILES string of the molecule is Cc1cc(=O)[nH]c(C(CC(=O)c2ccccc2)C(=O)c2ccccc2)n1. The van der Waals surface area contributed by atoms with Crippen LogP contribution in [-0.4, -0.2) is 21.5 Å². The van der Waals surface area contributed by atoms with E-state index < -0.39 is 5.92 Å². The van der Waals surface area contributed by atoms with E-state index in [0.29, 0.717) is 16.8 Å². The number of ketones is 2. The molecule has 0 amide bonds. The number of hydrogen-bond acceptors (Lipinski definition) is 4. The van der Waals surface area contributed by atoms with E-state index in [1.165, 1.54) is 6.07 Å². The molecule has 1 aromatic heterocycles. The summed E-state index contributed by atoms with van der Waals surface area (Å²) in [6.45, 7) is 1.68. The molecule has 0 radical (unpaired) electrons. The molecule has 2 aromatic carbocycles. The molecule has 0 spiro atoms. The van der Waals surface area contributed by atoms with Crippen LogP contribution >= 0.6 is 0 Å². The second-order valence-electron chi connectivity index (χ2n) is 6.05. The number of H-pyrrole nitrogens is 1. The molecule has 1 heterocycles. The zero-order valence-corrected chi connectivity index (χ0v) is 14.3. The topological polar surface area (TPSA) is 79.9 Å². The van der Waals surface area contributed by atoms with Gasteiger partial charge < -0.3 is 4.98 Å². The number of hydrogen-bond donors (Lipinski definition) is 1. The van der Waals surface area contributed by atoms with Gasteiger partial charge in [0.1, 0.15) is 5.82 Å². The van der Waals surface area contributed by atoms with E-state index >= 15 is 0 Å². The highest BCUT2D eigenvalue weighted by Gasteiger charge is 2.27. The zero-order valence-electron chi connectivity index (χ0n) is 14.3. The molecule has 0 aliphatic heterocycles. The summed E-state index contributed by atoms with van der Waals surface area (Å²) in [5.74, 6) is -1.06. The van der Waals surface area contributed by atoms with Gasteiger partial charge >= 0.3 is 0 Å². The van der Waals surface area contributed by atoms with Gasteiger partial charge in [0.05, 0.1) is 5.92 Å². The number of Topliss-reactive ketones (excluding diaryl/α,β-unsaturated/α-hetero) is 2. The molecule has 0 saturated heterocycles. The maximum atomic E-state index is 13.0. The van der Waals surface area contributed by atoms with Crippen LogP contribution < -0.4 is 5.56 Å². The maximum absolute atomic E-state index is 13.0. The molecular weight excluding hydrogens is 328 g/mol. The molecular formula is C21H18N2O3. The molecule has 1 unspecified atom stereocenters. The van der Waals surface area contributed by atoms with Crippen LogP contribution in [0.4, 0.5) is 0 Å². The van der Waals surface area contributed by atoms with Gasteiger partial charge in [-0.15, -0.1) is 0 Å². The molecule has 1 N–H and O–H groups in total. The van der Waals surface area contributed by atoms with Crippen molar-refractivity contribution in [2.75, 3.05) is 0 Å². The van der Waals surface area contributed by atoms with Gasteiger partial charge in [0.25, 0.3) is 5.56 Å². The van der Waals surface area contributed by atoms with Crippen LogP contribution in [0.25, 0.3) is 0 Å². The van der Waals surface area contributed by atoms with Crippen molar-refractivity contribution in [3.05, 3.63) is 99.7 Å². The number of nitrogens with one attached hydrogen (secondary N) is 1. The van der Waals surface area contributed by atoms with Crippen molar-refractivity contribution in [3.8, 4) is 0 Å². The van der Waals surface area contributed by atoms with Crippen molar-refractivity contribution in [2.45, 2.75) is 19.3 Å². The minimum Gasteiger partial charge on any atom is -0.310 e. The Kier molecular flexibility index (Phi) is 5.17. The first-order chi connectivity index (χ1) is 12.5. The Morgan fingerprint density at radius 1 is 0.962 bits per heavy atom. The van der Waals surface area contributed by atoms with Gasteiger partial charge in [0, 0.05) is 29.3 Å². The van der Waals surface area contributed by atoms with Crippen LogP contribution in [-0.2, 0) is 0 Å². The lowest BCUT2D eigenvalue weighted by molar-refractivity contribution is 0.0889. The highest BCUT2D eigenvalue weighted by Crippen LogP contribution is 2.23. The summed E-state index contributed by atoms with van der Waals surface area (Å²) in [6.07, 6.45) is -0.0653. The third-order valence-corrected chi connectivity index (χ3v) is 4.08. The van der Waals surface area contributed by atoms with Crippen molar-refractivity contribution in [1.29, 1.82) is 0 Å². The summed E-state index contributed by atoms with van der Waals surface area (Å²) in [6, 6.07) is 18.8. The second kappa shape index (κ2) is 7.70. The van der Waals surface area contributed by atoms with Crippen LogP contribution in [0, 0.1) is 6.92 Å². The number of carbonyl (C=O) groups is 2. The van der Waals surface area contributed by atoms with Crippen LogP contribution in [0.5, 0.6) is 0 Å². The summed E-state index contributed by atoms with van der Waals surface area (Å²) in [5, 5.41) is 0. The summed E-state index contributed by atoms with van der Waals surface area (Å²) >= 11 is 0.